The summed E-state index contributed by atoms with van der Waals surface area (Å²) in [7, 11) is -4.17. The molecule has 0 atom stereocenters. The molecular weight excluding hydrogens is 498 g/mol. The number of hydrogen-bond acceptors (Lipinski definition) is 7. The topological polar surface area (TPSA) is 153 Å². The summed E-state index contributed by atoms with van der Waals surface area (Å²) in [5, 5.41) is 21.9. The molecule has 204 valence electrons. The van der Waals surface area contributed by atoms with E-state index in [9.17, 15) is 33.0 Å². The van der Waals surface area contributed by atoms with E-state index < -0.39 is 27.3 Å². The summed E-state index contributed by atoms with van der Waals surface area (Å²) in [5.41, 5.74) is 0.218. The minimum absolute atomic E-state index is 0.0172. The molecule has 10 nitrogen and oxygen atoms in total. The molecule has 1 heterocycles. The Morgan fingerprint density at radius 3 is 2.32 bits per heavy atom. The number of amides is 2. The first-order chi connectivity index (χ1) is 17.2. The van der Waals surface area contributed by atoms with E-state index in [4.69, 9.17) is 0 Å². The monoisotopic (exact) mass is 535 g/mol. The Morgan fingerprint density at radius 2 is 1.76 bits per heavy atom. The molecule has 1 aromatic carbocycles. The van der Waals surface area contributed by atoms with Crippen molar-refractivity contribution in [2.45, 2.75) is 51.9 Å². The number of nitrogens with one attached hydrogen (secondary N) is 2. The highest BCUT2D eigenvalue weighted by atomic mass is 32.2. The lowest BCUT2D eigenvalue weighted by Gasteiger charge is -2.35. The molecule has 11 heteroatoms. The largest absolute Gasteiger partial charge is 0.477 e. The zero-order valence-corrected chi connectivity index (χ0v) is 22.6. The number of carboxylic acids is 1. The van der Waals surface area contributed by atoms with E-state index in [0.717, 1.165) is 12.0 Å². The summed E-state index contributed by atoms with van der Waals surface area (Å²) in [6, 6.07) is 6.03. The van der Waals surface area contributed by atoms with Crippen molar-refractivity contribution >= 4 is 27.8 Å². The van der Waals surface area contributed by atoms with Crippen LogP contribution in [0.2, 0.25) is 0 Å². The van der Waals surface area contributed by atoms with Crippen LogP contribution in [0.3, 0.4) is 0 Å². The van der Waals surface area contributed by atoms with Crippen LogP contribution in [0.15, 0.2) is 52.6 Å². The van der Waals surface area contributed by atoms with E-state index in [-0.39, 0.29) is 41.8 Å². The number of rotatable bonds is 13. The van der Waals surface area contributed by atoms with Crippen molar-refractivity contribution in [1.29, 1.82) is 0 Å². The molecule has 2 amide bonds. The molecule has 4 N–H and O–H groups in total. The standard InChI is InChI=1S/C26H37N3O7S/c1-18(2)5-12-23(31)27-14-13-19-6-9-21(10-7-19)37(35,36)28-24(32)20-8-11-22(25(33)34)29(15-20)16-26(3,4)17-30/h6-11,18,30H,5,12-17H2,1-4H3,(H,27,31)(H,28,32)(H,33,34). The summed E-state index contributed by atoms with van der Waals surface area (Å²) in [4.78, 5) is 37.5. The predicted octanol–water partition coefficient (Wildman–Crippen LogP) is 1.82. The van der Waals surface area contributed by atoms with Gasteiger partial charge in [-0.25, -0.2) is 17.9 Å². The minimum atomic E-state index is -4.17. The second kappa shape index (κ2) is 12.9. The van der Waals surface area contributed by atoms with Crippen LogP contribution in [0, 0.1) is 11.3 Å². The number of sulfonamides is 1. The maximum absolute atomic E-state index is 12.8. The summed E-state index contributed by atoms with van der Waals surface area (Å²) in [6.07, 6.45) is 4.35. The van der Waals surface area contributed by atoms with Crippen LogP contribution < -0.4 is 10.0 Å². The van der Waals surface area contributed by atoms with Gasteiger partial charge in [0.2, 0.25) is 5.91 Å². The van der Waals surface area contributed by atoms with Crippen LogP contribution in [0.1, 0.15) is 46.1 Å². The fourth-order valence-electron chi connectivity index (χ4n) is 3.63. The first kappa shape index (κ1) is 30.0. The number of carbonyl (C=O) groups is 3. The van der Waals surface area contributed by atoms with Gasteiger partial charge in [0.25, 0.3) is 15.9 Å². The van der Waals surface area contributed by atoms with Crippen LogP contribution >= 0.6 is 0 Å². The predicted molar refractivity (Wildman–Crippen MR) is 139 cm³/mol. The highest BCUT2D eigenvalue weighted by Gasteiger charge is 2.30. The van der Waals surface area contributed by atoms with Gasteiger partial charge in [0.15, 0.2) is 0 Å². The number of benzene rings is 1. The Morgan fingerprint density at radius 1 is 1.11 bits per heavy atom. The number of nitrogens with zero attached hydrogens (tertiary/aromatic N) is 1. The van der Waals surface area contributed by atoms with E-state index >= 15 is 0 Å². The van der Waals surface area contributed by atoms with Gasteiger partial charge in [-0.05, 0) is 48.6 Å². The molecule has 37 heavy (non-hydrogen) atoms. The van der Waals surface area contributed by atoms with Crippen molar-refractivity contribution in [2.75, 3.05) is 26.2 Å². The molecule has 0 radical (unpaired) electrons. The van der Waals surface area contributed by atoms with Gasteiger partial charge in [-0.15, -0.1) is 0 Å². The van der Waals surface area contributed by atoms with Crippen LogP contribution in [0.4, 0.5) is 0 Å². The van der Waals surface area contributed by atoms with Gasteiger partial charge in [-0.3, -0.25) is 9.59 Å². The van der Waals surface area contributed by atoms with Crippen molar-refractivity contribution in [3.05, 3.63) is 53.3 Å². The fraction of sp³-hybridized carbons (Fsp3) is 0.500. The molecule has 1 aliphatic heterocycles. The first-order valence-corrected chi connectivity index (χ1v) is 13.6. The van der Waals surface area contributed by atoms with E-state index in [2.05, 4.69) is 19.2 Å². The molecule has 2 rings (SSSR count). The van der Waals surface area contributed by atoms with Crippen molar-refractivity contribution < 1.29 is 33.0 Å². The molecular formula is C26H37N3O7S. The summed E-state index contributed by atoms with van der Waals surface area (Å²) in [6.45, 7) is 7.87. The van der Waals surface area contributed by atoms with Crippen LogP contribution in [0.5, 0.6) is 0 Å². The van der Waals surface area contributed by atoms with Crippen molar-refractivity contribution in [1.82, 2.24) is 14.9 Å². The Balaban J connectivity index is 2.01. The smallest absolute Gasteiger partial charge is 0.352 e. The van der Waals surface area contributed by atoms with Crippen molar-refractivity contribution in [3.8, 4) is 0 Å². The average molecular weight is 536 g/mol. The Hall–Kier alpha value is -3.18. The number of allylic oxidation sites excluding steroid dienone is 2. The lowest BCUT2D eigenvalue weighted by atomic mass is 9.93. The summed E-state index contributed by atoms with van der Waals surface area (Å²) < 4.78 is 27.6. The number of aliphatic hydroxyl groups excluding tert-OH is 1. The number of hydrogen-bond donors (Lipinski definition) is 4. The SMILES string of the molecule is CC(C)CCC(=O)NCCc1ccc(S(=O)(=O)NC(=O)C2=CC=C(C(=O)O)N(CC(C)(C)CO)C2)cc1. The number of aliphatic carboxylic acids is 1. The van der Waals surface area contributed by atoms with Gasteiger partial charge in [-0.2, -0.15) is 0 Å². The van der Waals surface area contributed by atoms with E-state index in [1.54, 1.807) is 26.0 Å². The first-order valence-electron chi connectivity index (χ1n) is 12.2. The third kappa shape index (κ3) is 9.32. The zero-order valence-electron chi connectivity index (χ0n) is 21.8. The molecule has 0 spiro atoms. The third-order valence-electron chi connectivity index (χ3n) is 5.85. The van der Waals surface area contributed by atoms with Crippen LogP contribution in [-0.2, 0) is 30.8 Å². The van der Waals surface area contributed by atoms with Gasteiger partial charge < -0.3 is 20.4 Å². The Labute approximate surface area is 218 Å². The highest BCUT2D eigenvalue weighted by Crippen LogP contribution is 2.23. The normalized spacial score (nSPS) is 14.2. The molecule has 0 fully saturated rings. The maximum Gasteiger partial charge on any atom is 0.352 e. The van der Waals surface area contributed by atoms with Gasteiger partial charge >= 0.3 is 5.97 Å². The molecule has 0 bridgehead atoms. The lowest BCUT2D eigenvalue weighted by molar-refractivity contribution is -0.135. The van der Waals surface area contributed by atoms with Crippen molar-refractivity contribution in [2.24, 2.45) is 11.3 Å². The zero-order chi connectivity index (χ0) is 27.8. The number of carbonyl (C=O) groups excluding carboxylic acids is 2. The summed E-state index contributed by atoms with van der Waals surface area (Å²) >= 11 is 0. The third-order valence-corrected chi connectivity index (χ3v) is 7.19. The molecule has 0 aliphatic carbocycles. The maximum atomic E-state index is 12.8. The lowest BCUT2D eigenvalue weighted by Crippen LogP contribution is -2.43. The second-order valence-electron chi connectivity index (χ2n) is 10.3. The van der Waals surface area contributed by atoms with E-state index in [1.165, 1.54) is 29.2 Å². The van der Waals surface area contributed by atoms with Gasteiger partial charge in [0.05, 0.1) is 4.90 Å². The molecule has 0 saturated carbocycles. The number of carboxylic acid groups (broad SMARTS) is 1. The Bertz CT molecular complexity index is 1150. The van der Waals surface area contributed by atoms with Gasteiger partial charge in [0, 0.05) is 43.7 Å². The van der Waals surface area contributed by atoms with Crippen molar-refractivity contribution in [3.63, 3.8) is 0 Å². The highest BCUT2D eigenvalue weighted by molar-refractivity contribution is 7.90. The fourth-order valence-corrected chi connectivity index (χ4v) is 4.61. The molecule has 1 aliphatic rings. The van der Waals surface area contributed by atoms with Gasteiger partial charge in [0.1, 0.15) is 5.70 Å². The minimum Gasteiger partial charge on any atom is -0.477 e. The van der Waals surface area contributed by atoms with Crippen LogP contribution in [-0.4, -0.2) is 67.6 Å². The second-order valence-corrected chi connectivity index (χ2v) is 12.0. The molecule has 0 aromatic heterocycles. The molecule has 1 aromatic rings. The average Bonchev–Trinajstić information content (AvgIpc) is 2.82. The summed E-state index contributed by atoms with van der Waals surface area (Å²) in [5.74, 6) is -1.62. The van der Waals surface area contributed by atoms with Crippen LogP contribution in [0.25, 0.3) is 0 Å². The van der Waals surface area contributed by atoms with E-state index in [1.807, 2.05) is 4.72 Å². The molecule has 0 saturated heterocycles. The Kier molecular flexibility index (Phi) is 10.4. The quantitative estimate of drug-likeness (QED) is 0.298. The number of aliphatic hydroxyl groups is 1. The van der Waals surface area contributed by atoms with E-state index in [0.29, 0.717) is 25.3 Å². The molecule has 0 unspecified atom stereocenters. The van der Waals surface area contributed by atoms with Gasteiger partial charge in [-0.1, -0.05) is 39.8 Å².